The number of carbonyl (C=O) groups excluding carboxylic acids is 1. The van der Waals surface area contributed by atoms with Crippen LogP contribution in [0.3, 0.4) is 0 Å². The lowest BCUT2D eigenvalue weighted by molar-refractivity contribution is 0.0822. The highest BCUT2D eigenvalue weighted by Crippen LogP contribution is 2.24. The Balaban J connectivity index is 1.90. The van der Waals surface area contributed by atoms with Crippen molar-refractivity contribution < 1.29 is 14.6 Å². The molecule has 2 rings (SSSR count). The van der Waals surface area contributed by atoms with Gasteiger partial charge in [-0.2, -0.15) is 0 Å². The first kappa shape index (κ1) is 14.6. The van der Waals surface area contributed by atoms with Gasteiger partial charge < -0.3 is 20.1 Å². The van der Waals surface area contributed by atoms with Crippen molar-refractivity contribution in [3.63, 3.8) is 0 Å². The van der Waals surface area contributed by atoms with Crippen molar-refractivity contribution in [1.29, 1.82) is 0 Å². The minimum Gasteiger partial charge on any atom is -0.453 e. The van der Waals surface area contributed by atoms with E-state index in [0.29, 0.717) is 24.5 Å². The maximum atomic E-state index is 11.7. The van der Waals surface area contributed by atoms with Gasteiger partial charge in [-0.25, -0.2) is 4.79 Å². The van der Waals surface area contributed by atoms with Crippen LogP contribution in [0.15, 0.2) is 0 Å². The third-order valence-corrected chi connectivity index (χ3v) is 4.33. The molecule has 5 nitrogen and oxygen atoms in total. The van der Waals surface area contributed by atoms with E-state index < -0.39 is 0 Å². The SMILES string of the molecule is COC(=O)N1CC(CCO)CC(NC2CCCC2)C1. The summed E-state index contributed by atoms with van der Waals surface area (Å²) in [5.41, 5.74) is 0. The van der Waals surface area contributed by atoms with Crippen LogP contribution in [0.2, 0.25) is 0 Å². The van der Waals surface area contributed by atoms with Crippen molar-refractivity contribution >= 4 is 6.09 Å². The van der Waals surface area contributed by atoms with Crippen LogP contribution in [0.25, 0.3) is 0 Å². The molecule has 0 radical (unpaired) electrons. The van der Waals surface area contributed by atoms with Gasteiger partial charge in [-0.15, -0.1) is 0 Å². The Labute approximate surface area is 115 Å². The molecule has 2 aliphatic rings. The minimum atomic E-state index is -0.249. The first-order valence-corrected chi connectivity index (χ1v) is 7.42. The summed E-state index contributed by atoms with van der Waals surface area (Å²) in [7, 11) is 1.43. The summed E-state index contributed by atoms with van der Waals surface area (Å²) in [6, 6.07) is 0.949. The van der Waals surface area contributed by atoms with Crippen molar-refractivity contribution in [2.75, 3.05) is 26.8 Å². The molecule has 1 saturated carbocycles. The zero-order valence-electron chi connectivity index (χ0n) is 11.8. The lowest BCUT2D eigenvalue weighted by Crippen LogP contribution is -2.53. The maximum absolute atomic E-state index is 11.7. The van der Waals surface area contributed by atoms with E-state index >= 15 is 0 Å². The Bertz CT molecular complexity index is 292. The molecule has 1 amide bonds. The van der Waals surface area contributed by atoms with Gasteiger partial charge in [-0.05, 0) is 31.6 Å². The molecule has 1 heterocycles. The van der Waals surface area contributed by atoms with Crippen LogP contribution in [0.1, 0.15) is 38.5 Å². The molecule has 2 N–H and O–H groups in total. The number of amides is 1. The number of piperidine rings is 1. The normalized spacial score (nSPS) is 28.6. The van der Waals surface area contributed by atoms with E-state index in [0.717, 1.165) is 19.4 Å². The molecule has 110 valence electrons. The van der Waals surface area contributed by atoms with Gasteiger partial charge in [0.05, 0.1) is 7.11 Å². The van der Waals surface area contributed by atoms with Crippen LogP contribution in [0.5, 0.6) is 0 Å². The molecule has 2 atom stereocenters. The molecule has 0 aromatic rings. The highest BCUT2D eigenvalue weighted by atomic mass is 16.5. The molecule has 2 fully saturated rings. The number of aliphatic hydroxyl groups is 1. The second-order valence-electron chi connectivity index (χ2n) is 5.83. The van der Waals surface area contributed by atoms with Crippen molar-refractivity contribution in [2.24, 2.45) is 5.92 Å². The van der Waals surface area contributed by atoms with Crippen molar-refractivity contribution in [2.45, 2.75) is 50.6 Å². The Morgan fingerprint density at radius 1 is 1.32 bits per heavy atom. The molecule has 1 saturated heterocycles. The van der Waals surface area contributed by atoms with E-state index in [2.05, 4.69) is 5.32 Å². The van der Waals surface area contributed by atoms with Crippen LogP contribution < -0.4 is 5.32 Å². The van der Waals surface area contributed by atoms with Gasteiger partial charge >= 0.3 is 6.09 Å². The number of ether oxygens (including phenoxy) is 1. The first-order valence-electron chi connectivity index (χ1n) is 7.42. The monoisotopic (exact) mass is 270 g/mol. The summed E-state index contributed by atoms with van der Waals surface area (Å²) in [5, 5.41) is 12.8. The largest absolute Gasteiger partial charge is 0.453 e. The topological polar surface area (TPSA) is 61.8 Å². The minimum absolute atomic E-state index is 0.190. The smallest absolute Gasteiger partial charge is 0.409 e. The third kappa shape index (κ3) is 4.08. The molecule has 5 heteroatoms. The second kappa shape index (κ2) is 7.10. The predicted octanol–water partition coefficient (Wildman–Crippen LogP) is 1.36. The van der Waals surface area contributed by atoms with E-state index in [1.165, 1.54) is 32.8 Å². The number of carbonyl (C=O) groups is 1. The van der Waals surface area contributed by atoms with Crippen LogP contribution >= 0.6 is 0 Å². The molecule has 1 aliphatic heterocycles. The van der Waals surface area contributed by atoms with Crippen LogP contribution in [-0.4, -0.2) is 55.0 Å². The van der Waals surface area contributed by atoms with Crippen molar-refractivity contribution in [3.05, 3.63) is 0 Å². The summed E-state index contributed by atoms with van der Waals surface area (Å²) in [4.78, 5) is 13.5. The summed E-state index contributed by atoms with van der Waals surface area (Å²) >= 11 is 0. The lowest BCUT2D eigenvalue weighted by atomic mass is 9.91. The predicted molar refractivity (Wildman–Crippen MR) is 73.0 cm³/mol. The van der Waals surface area contributed by atoms with Gasteiger partial charge in [-0.1, -0.05) is 12.8 Å². The number of nitrogens with zero attached hydrogens (tertiary/aromatic N) is 1. The summed E-state index contributed by atoms with van der Waals surface area (Å²) in [6.07, 6.45) is 6.68. The number of likely N-dealkylation sites (tertiary alicyclic amines) is 1. The van der Waals surface area contributed by atoms with Crippen molar-refractivity contribution in [1.82, 2.24) is 10.2 Å². The molecule has 0 aromatic carbocycles. The first-order chi connectivity index (χ1) is 9.22. The number of aliphatic hydroxyl groups excluding tert-OH is 1. The quantitative estimate of drug-likeness (QED) is 0.809. The standard InChI is InChI=1S/C14H26N2O3/c1-19-14(18)16-9-11(6-7-17)8-13(10-16)15-12-4-2-3-5-12/h11-13,15,17H,2-10H2,1H3. The average molecular weight is 270 g/mol. The van der Waals surface area contributed by atoms with E-state index in [-0.39, 0.29) is 12.7 Å². The summed E-state index contributed by atoms with van der Waals surface area (Å²) in [6.45, 7) is 1.62. The second-order valence-corrected chi connectivity index (χ2v) is 5.83. The van der Waals surface area contributed by atoms with Crippen molar-refractivity contribution in [3.8, 4) is 0 Å². The van der Waals surface area contributed by atoms with Crippen LogP contribution in [0.4, 0.5) is 4.79 Å². The number of hydrogen-bond acceptors (Lipinski definition) is 4. The van der Waals surface area contributed by atoms with Crippen LogP contribution in [-0.2, 0) is 4.74 Å². The maximum Gasteiger partial charge on any atom is 0.409 e. The summed E-state index contributed by atoms with van der Waals surface area (Å²) < 4.78 is 4.83. The molecular formula is C14H26N2O3. The number of rotatable bonds is 4. The third-order valence-electron chi connectivity index (χ3n) is 4.33. The molecule has 0 aromatic heterocycles. The Kier molecular flexibility index (Phi) is 5.45. The van der Waals surface area contributed by atoms with E-state index in [1.807, 2.05) is 0 Å². The van der Waals surface area contributed by atoms with E-state index in [1.54, 1.807) is 4.90 Å². The fraction of sp³-hybridized carbons (Fsp3) is 0.929. The lowest BCUT2D eigenvalue weighted by Gasteiger charge is -2.38. The van der Waals surface area contributed by atoms with Gasteiger partial charge in [0.2, 0.25) is 0 Å². The Hall–Kier alpha value is -0.810. The van der Waals surface area contributed by atoms with Crippen LogP contribution in [0, 0.1) is 5.92 Å². The van der Waals surface area contributed by atoms with E-state index in [4.69, 9.17) is 9.84 Å². The highest BCUT2D eigenvalue weighted by Gasteiger charge is 2.31. The summed E-state index contributed by atoms with van der Waals surface area (Å²) in [5.74, 6) is 0.372. The molecule has 0 spiro atoms. The molecular weight excluding hydrogens is 244 g/mol. The van der Waals surface area contributed by atoms with Gasteiger partial charge in [0.25, 0.3) is 0 Å². The zero-order valence-corrected chi connectivity index (χ0v) is 11.8. The Morgan fingerprint density at radius 2 is 2.05 bits per heavy atom. The van der Waals surface area contributed by atoms with Gasteiger partial charge in [0, 0.05) is 31.8 Å². The molecule has 1 aliphatic carbocycles. The van der Waals surface area contributed by atoms with Gasteiger partial charge in [0.15, 0.2) is 0 Å². The highest BCUT2D eigenvalue weighted by molar-refractivity contribution is 5.67. The van der Waals surface area contributed by atoms with Gasteiger partial charge in [0.1, 0.15) is 0 Å². The average Bonchev–Trinajstić information content (AvgIpc) is 2.90. The Morgan fingerprint density at radius 3 is 2.68 bits per heavy atom. The number of methoxy groups -OCH3 is 1. The zero-order chi connectivity index (χ0) is 13.7. The fourth-order valence-electron chi connectivity index (χ4n) is 3.42. The molecule has 19 heavy (non-hydrogen) atoms. The number of hydrogen-bond donors (Lipinski definition) is 2. The number of nitrogens with one attached hydrogen (secondary N) is 1. The van der Waals surface area contributed by atoms with Gasteiger partial charge in [-0.3, -0.25) is 0 Å². The fourth-order valence-corrected chi connectivity index (χ4v) is 3.42. The molecule has 0 bridgehead atoms. The van der Waals surface area contributed by atoms with E-state index in [9.17, 15) is 4.79 Å². The molecule has 2 unspecified atom stereocenters.